The molecule has 1 aromatic carbocycles. The molecular formula is C13H6N5O9S-. The lowest BCUT2D eigenvalue weighted by Crippen LogP contribution is -2.34. The first-order valence-electron chi connectivity index (χ1n) is 7.01. The molecule has 0 spiro atoms. The van der Waals surface area contributed by atoms with E-state index >= 15 is 0 Å². The number of nitrogens with zero attached hydrogens (tertiary/aromatic N) is 3. The second-order valence-electron chi connectivity index (χ2n) is 4.93. The molecule has 0 saturated heterocycles. The number of aromatic amines is 2. The molecule has 2 aromatic rings. The number of imide groups is 3. The highest BCUT2D eigenvalue weighted by atomic mass is 32.2. The molecule has 144 valence electrons. The van der Waals surface area contributed by atoms with Crippen LogP contribution in [-0.2, 0) is 9.37 Å². The molecular weight excluding hydrogens is 402 g/mol. The number of benzene rings is 1. The van der Waals surface area contributed by atoms with E-state index in [0.717, 1.165) is 0 Å². The number of rotatable bonds is 5. The van der Waals surface area contributed by atoms with Crippen molar-refractivity contribution in [3.8, 4) is 0 Å². The first kappa shape index (κ1) is 19.1. The van der Waals surface area contributed by atoms with Crippen LogP contribution in [0.4, 0.5) is 16.2 Å². The number of carbonyl (C=O) groups is 3. The molecule has 1 aliphatic heterocycles. The maximum Gasteiger partial charge on any atom is 0.421 e. The van der Waals surface area contributed by atoms with Crippen molar-refractivity contribution < 1.29 is 34.1 Å². The minimum absolute atomic E-state index is 0.0111. The van der Waals surface area contributed by atoms with E-state index in [1.54, 1.807) is 0 Å². The molecule has 28 heavy (non-hydrogen) atoms. The zero-order chi connectivity index (χ0) is 20.4. The van der Waals surface area contributed by atoms with Crippen LogP contribution >= 0.6 is 12.0 Å². The number of nitrogens with one attached hydrogen (secondary N) is 2. The molecule has 3 amide bonds. The van der Waals surface area contributed by atoms with Crippen molar-refractivity contribution in [2.45, 2.75) is 5.03 Å². The van der Waals surface area contributed by atoms with Crippen LogP contribution in [0.1, 0.15) is 20.7 Å². The Labute approximate surface area is 156 Å². The first-order valence-corrected chi connectivity index (χ1v) is 7.75. The van der Waals surface area contributed by atoms with Crippen LogP contribution in [0, 0.1) is 0 Å². The van der Waals surface area contributed by atoms with Crippen LogP contribution in [-0.4, -0.2) is 37.9 Å². The van der Waals surface area contributed by atoms with E-state index in [1.807, 2.05) is 4.98 Å². The summed E-state index contributed by atoms with van der Waals surface area (Å²) in [6.45, 7) is 0. The van der Waals surface area contributed by atoms with Crippen molar-refractivity contribution in [2.75, 3.05) is 0 Å². The number of carbonyl (C=O) groups excluding carboxylic acids is 2. The molecule has 0 aliphatic carbocycles. The molecule has 14 nitrogen and oxygen atoms in total. The topological polar surface area (TPSA) is 207 Å². The highest BCUT2D eigenvalue weighted by molar-refractivity contribution is 7.94. The third-order valence-electron chi connectivity index (χ3n) is 3.37. The summed E-state index contributed by atoms with van der Waals surface area (Å²) < 4.78 is 4.03. The third kappa shape index (κ3) is 3.32. The molecule has 3 rings (SSSR count). The molecule has 0 bridgehead atoms. The van der Waals surface area contributed by atoms with E-state index in [4.69, 9.17) is 5.11 Å². The number of H-pyrrole nitrogens is 2. The van der Waals surface area contributed by atoms with Gasteiger partial charge in [-0.1, -0.05) is 6.07 Å². The van der Waals surface area contributed by atoms with Gasteiger partial charge in [0.25, 0.3) is 17.4 Å². The summed E-state index contributed by atoms with van der Waals surface area (Å²) in [6, 6.07) is 3.80. The number of azo groups is 1. The van der Waals surface area contributed by atoms with Gasteiger partial charge in [-0.25, -0.2) is 9.59 Å². The number of hydrogen-bond donors (Lipinski definition) is 3. The van der Waals surface area contributed by atoms with Gasteiger partial charge in [0.05, 0.1) is 28.9 Å². The second kappa shape index (κ2) is 7.53. The van der Waals surface area contributed by atoms with Gasteiger partial charge < -0.3 is 10.4 Å². The second-order valence-corrected chi connectivity index (χ2v) is 5.64. The van der Waals surface area contributed by atoms with Gasteiger partial charge in [0.1, 0.15) is 5.03 Å². The van der Waals surface area contributed by atoms with Crippen LogP contribution < -0.4 is 16.5 Å². The van der Waals surface area contributed by atoms with Crippen LogP contribution in [0.2, 0.25) is 0 Å². The summed E-state index contributed by atoms with van der Waals surface area (Å²) in [5, 5.41) is 29.0. The molecule has 2 heterocycles. The smallest absolute Gasteiger partial charge is 0.421 e. The molecule has 1 aromatic heterocycles. The lowest BCUT2D eigenvalue weighted by Gasteiger charge is -2.05. The van der Waals surface area contributed by atoms with Gasteiger partial charge >= 0.3 is 11.8 Å². The highest BCUT2D eigenvalue weighted by Crippen LogP contribution is 2.33. The normalized spacial score (nSPS) is 13.4. The van der Waals surface area contributed by atoms with Crippen molar-refractivity contribution >= 4 is 41.3 Å². The van der Waals surface area contributed by atoms with E-state index in [0.29, 0.717) is 0 Å². The van der Waals surface area contributed by atoms with Crippen molar-refractivity contribution in [1.29, 1.82) is 0 Å². The van der Waals surface area contributed by atoms with E-state index in [2.05, 4.69) is 24.6 Å². The van der Waals surface area contributed by atoms with Crippen molar-refractivity contribution in [1.82, 2.24) is 14.9 Å². The fraction of sp³-hybridized carbons (Fsp3) is 0. The predicted octanol–water partition coefficient (Wildman–Crippen LogP) is -0.0168. The number of hydrogen-bond acceptors (Lipinski definition) is 11. The van der Waals surface area contributed by atoms with Gasteiger partial charge in [0, 0.05) is 0 Å². The minimum Gasteiger partial charge on any atom is -0.691 e. The van der Waals surface area contributed by atoms with Crippen LogP contribution in [0.15, 0.2) is 43.0 Å². The first-order chi connectivity index (χ1) is 13.3. The Morgan fingerprint density at radius 3 is 2.57 bits per heavy atom. The molecule has 0 atom stereocenters. The fourth-order valence-electron chi connectivity index (χ4n) is 2.29. The number of aromatic nitrogens is 2. The lowest BCUT2D eigenvalue weighted by atomic mass is 10.1. The van der Waals surface area contributed by atoms with Crippen LogP contribution in [0.25, 0.3) is 0 Å². The number of carboxylic acid groups (broad SMARTS) is 1. The lowest BCUT2D eigenvalue weighted by molar-refractivity contribution is -0.777. The van der Waals surface area contributed by atoms with Gasteiger partial charge in [0.2, 0.25) is 0 Å². The fourth-order valence-corrected chi connectivity index (χ4v) is 2.73. The van der Waals surface area contributed by atoms with E-state index < -0.39 is 34.8 Å². The molecule has 3 N–H and O–H groups in total. The summed E-state index contributed by atoms with van der Waals surface area (Å²) in [6.07, 6.45) is -1.76. The summed E-state index contributed by atoms with van der Waals surface area (Å²) in [4.78, 5) is 62.6. The van der Waals surface area contributed by atoms with Crippen LogP contribution in [0.5, 0.6) is 0 Å². The predicted molar refractivity (Wildman–Crippen MR) is 84.9 cm³/mol. The number of amides is 3. The summed E-state index contributed by atoms with van der Waals surface area (Å²) >= 11 is 0.170. The zero-order valence-corrected chi connectivity index (χ0v) is 14.0. The average molecular weight is 408 g/mol. The Bertz CT molecular complexity index is 1140. The maximum atomic E-state index is 12.2. The van der Waals surface area contributed by atoms with Crippen molar-refractivity contribution in [2.24, 2.45) is 10.2 Å². The molecule has 0 unspecified atom stereocenters. The van der Waals surface area contributed by atoms with Crippen LogP contribution in [0.3, 0.4) is 0 Å². The zero-order valence-electron chi connectivity index (χ0n) is 13.2. The number of fused-ring (bicyclic) bond motifs is 1. The van der Waals surface area contributed by atoms with Crippen molar-refractivity contribution in [3.63, 3.8) is 0 Å². The minimum atomic E-state index is -1.76. The third-order valence-corrected chi connectivity index (χ3v) is 3.96. The van der Waals surface area contributed by atoms with Gasteiger partial charge in [-0.3, -0.25) is 29.4 Å². The Kier molecular flexibility index (Phi) is 5.14. The van der Waals surface area contributed by atoms with E-state index in [1.165, 1.54) is 18.2 Å². The summed E-state index contributed by atoms with van der Waals surface area (Å²) in [5.74, 6) is -2.18. The standard InChI is InChI=1S/C13H7N5O9S/c19-8-7(9(28-27-26-25)15-12(22)14-8)17-16-5-3-1-2-4-6(5)11(21)18(10(4)20)13(23)24/h1-3,25H,(H,23,24)(H2,14,15,19,22)/p-1. The maximum absolute atomic E-state index is 12.2. The quantitative estimate of drug-likeness (QED) is 0.150. The van der Waals surface area contributed by atoms with Gasteiger partial charge in [-0.05, 0) is 12.1 Å². The highest BCUT2D eigenvalue weighted by Gasteiger charge is 2.41. The monoisotopic (exact) mass is 408 g/mol. The van der Waals surface area contributed by atoms with Gasteiger partial charge in [-0.15, -0.1) is 10.2 Å². The van der Waals surface area contributed by atoms with E-state index in [-0.39, 0.29) is 38.8 Å². The molecule has 1 aliphatic rings. The summed E-state index contributed by atoms with van der Waals surface area (Å²) in [5.41, 5.74) is -3.19. The Balaban J connectivity index is 2.07. The molecule has 0 fully saturated rings. The molecule has 0 saturated carbocycles. The van der Waals surface area contributed by atoms with Crippen molar-refractivity contribution in [3.05, 3.63) is 50.2 Å². The Morgan fingerprint density at radius 2 is 1.89 bits per heavy atom. The SMILES string of the molecule is O=C(O)N1C(=O)c2cccc(N=Nc3c(SOO[O-])[nH]c(=O)[nH]c3=O)c2C1=O. The molecule has 0 radical (unpaired) electrons. The van der Waals surface area contributed by atoms with Gasteiger partial charge in [-0.2, -0.15) is 9.23 Å². The van der Waals surface area contributed by atoms with E-state index in [9.17, 15) is 29.2 Å². The largest absolute Gasteiger partial charge is 0.691 e. The Morgan fingerprint density at radius 1 is 1.14 bits per heavy atom. The average Bonchev–Trinajstić information content (AvgIpc) is 2.90. The molecule has 15 heteroatoms. The van der Waals surface area contributed by atoms with Gasteiger partial charge in [0.15, 0.2) is 5.69 Å². The Hall–Kier alpha value is -3.66. The summed E-state index contributed by atoms with van der Waals surface area (Å²) in [7, 11) is 0.